The number of fused-ring (bicyclic) bond motifs is 1. The lowest BCUT2D eigenvalue weighted by Crippen LogP contribution is -2.40. The maximum atomic E-state index is 13.6. The zero-order valence-electron chi connectivity index (χ0n) is 17.6. The Labute approximate surface area is 186 Å². The van der Waals surface area contributed by atoms with E-state index in [0.29, 0.717) is 17.8 Å². The Morgan fingerprint density at radius 3 is 2.58 bits per heavy atom. The molecule has 0 aliphatic carbocycles. The van der Waals surface area contributed by atoms with Crippen molar-refractivity contribution in [1.82, 2.24) is 9.80 Å². The van der Waals surface area contributed by atoms with Gasteiger partial charge in [-0.25, -0.2) is 0 Å². The minimum atomic E-state index is -0.160. The number of nitrogens with zero attached hydrogens (tertiary/aromatic N) is 3. The van der Waals surface area contributed by atoms with Crippen LogP contribution in [0.4, 0.5) is 5.69 Å². The van der Waals surface area contributed by atoms with E-state index in [4.69, 9.17) is 4.74 Å². The monoisotopic (exact) mass is 437 g/mol. The summed E-state index contributed by atoms with van der Waals surface area (Å²) in [4.78, 5) is 33.8. The largest absolute Gasteiger partial charge is 0.379 e. The first-order valence-corrected chi connectivity index (χ1v) is 11.9. The molecule has 4 heterocycles. The number of ether oxygens (including phenoxy) is 1. The highest BCUT2D eigenvalue weighted by atomic mass is 32.1. The van der Waals surface area contributed by atoms with Crippen molar-refractivity contribution in [2.45, 2.75) is 19.3 Å². The first-order chi connectivity index (χ1) is 15.2. The molecule has 3 aliphatic heterocycles. The van der Waals surface area contributed by atoms with Crippen LogP contribution in [0.5, 0.6) is 0 Å². The maximum absolute atomic E-state index is 13.6. The third-order valence-electron chi connectivity index (χ3n) is 6.25. The lowest BCUT2D eigenvalue weighted by molar-refractivity contribution is -0.137. The molecule has 0 spiro atoms. The highest BCUT2D eigenvalue weighted by molar-refractivity contribution is 7.11. The molecule has 1 fully saturated rings. The summed E-state index contributed by atoms with van der Waals surface area (Å²) < 4.78 is 5.41. The van der Waals surface area contributed by atoms with Crippen LogP contribution < -0.4 is 4.90 Å². The van der Waals surface area contributed by atoms with Crippen LogP contribution in [-0.2, 0) is 20.7 Å². The van der Waals surface area contributed by atoms with Gasteiger partial charge in [-0.3, -0.25) is 19.4 Å². The second-order valence-corrected chi connectivity index (χ2v) is 9.10. The summed E-state index contributed by atoms with van der Waals surface area (Å²) in [5.41, 5.74) is 3.39. The van der Waals surface area contributed by atoms with Crippen molar-refractivity contribution in [3.8, 4) is 0 Å². The minimum absolute atomic E-state index is 0.160. The summed E-state index contributed by atoms with van der Waals surface area (Å²) in [6.45, 7) is 5.41. The van der Waals surface area contributed by atoms with Gasteiger partial charge in [0, 0.05) is 43.3 Å². The fourth-order valence-electron chi connectivity index (χ4n) is 4.70. The molecule has 6 nitrogen and oxygen atoms in total. The standard InChI is InChI=1S/C24H27N3O3S/c28-23-21(20-9-4-17-31-20)22(26-11-3-7-18-6-1-2-8-19(18)26)24(29)27(23)12-5-10-25-13-15-30-16-14-25/h1-2,4,6,8-9,17H,3,5,7,10-16H2. The predicted octanol–water partition coefficient (Wildman–Crippen LogP) is 3.00. The third kappa shape index (κ3) is 3.93. The molecule has 162 valence electrons. The number of carbonyl (C=O) groups is 2. The molecule has 0 radical (unpaired) electrons. The van der Waals surface area contributed by atoms with E-state index in [0.717, 1.165) is 69.2 Å². The van der Waals surface area contributed by atoms with E-state index in [1.807, 2.05) is 29.6 Å². The van der Waals surface area contributed by atoms with Gasteiger partial charge in [0.2, 0.25) is 0 Å². The molecule has 0 atom stereocenters. The van der Waals surface area contributed by atoms with Gasteiger partial charge in [0.1, 0.15) is 5.70 Å². The van der Waals surface area contributed by atoms with E-state index in [-0.39, 0.29) is 11.8 Å². The van der Waals surface area contributed by atoms with Gasteiger partial charge in [0.05, 0.1) is 18.8 Å². The summed E-state index contributed by atoms with van der Waals surface area (Å²) in [6.07, 6.45) is 2.75. The summed E-state index contributed by atoms with van der Waals surface area (Å²) in [6, 6.07) is 12.1. The van der Waals surface area contributed by atoms with Crippen LogP contribution in [0.25, 0.3) is 5.57 Å². The Balaban J connectivity index is 1.42. The van der Waals surface area contributed by atoms with Gasteiger partial charge in [0.15, 0.2) is 0 Å². The second-order valence-electron chi connectivity index (χ2n) is 8.15. The van der Waals surface area contributed by atoms with Crippen LogP contribution in [-0.4, -0.2) is 67.6 Å². The van der Waals surface area contributed by atoms with Gasteiger partial charge < -0.3 is 9.64 Å². The Kier molecular flexibility index (Phi) is 5.89. The normalized spacial score (nSPS) is 20.0. The molecule has 0 saturated carbocycles. The van der Waals surface area contributed by atoms with E-state index >= 15 is 0 Å². The molecule has 0 N–H and O–H groups in total. The van der Waals surface area contributed by atoms with Crippen molar-refractivity contribution in [1.29, 1.82) is 0 Å². The maximum Gasteiger partial charge on any atom is 0.278 e. The number of rotatable bonds is 6. The molecule has 0 bridgehead atoms. The molecule has 1 aromatic heterocycles. The van der Waals surface area contributed by atoms with Crippen LogP contribution >= 0.6 is 11.3 Å². The number of amides is 2. The number of aryl methyl sites for hydroxylation is 1. The van der Waals surface area contributed by atoms with Crippen molar-refractivity contribution in [2.75, 3.05) is 50.8 Å². The Bertz CT molecular complexity index is 995. The van der Waals surface area contributed by atoms with E-state index in [2.05, 4.69) is 21.9 Å². The van der Waals surface area contributed by atoms with E-state index in [1.54, 1.807) is 0 Å². The summed E-state index contributed by atoms with van der Waals surface area (Å²) in [5.74, 6) is -0.320. The summed E-state index contributed by atoms with van der Waals surface area (Å²) in [5, 5.41) is 1.96. The van der Waals surface area contributed by atoms with Gasteiger partial charge in [-0.2, -0.15) is 0 Å². The summed E-state index contributed by atoms with van der Waals surface area (Å²) >= 11 is 1.52. The second kappa shape index (κ2) is 8.94. The highest BCUT2D eigenvalue weighted by Gasteiger charge is 2.42. The van der Waals surface area contributed by atoms with Crippen molar-refractivity contribution >= 4 is 34.4 Å². The molecule has 7 heteroatoms. The van der Waals surface area contributed by atoms with Crippen LogP contribution in [0.2, 0.25) is 0 Å². The fraction of sp³-hybridized carbons (Fsp3) is 0.417. The molecular formula is C24H27N3O3S. The van der Waals surface area contributed by atoms with E-state index < -0.39 is 0 Å². The molecule has 5 rings (SSSR count). The third-order valence-corrected chi connectivity index (χ3v) is 7.14. The Morgan fingerprint density at radius 2 is 1.77 bits per heavy atom. The zero-order valence-corrected chi connectivity index (χ0v) is 18.4. The molecule has 2 amide bonds. The molecule has 1 saturated heterocycles. The molecular weight excluding hydrogens is 410 g/mol. The van der Waals surface area contributed by atoms with Crippen molar-refractivity contribution in [3.63, 3.8) is 0 Å². The molecule has 0 unspecified atom stereocenters. The first kappa shape index (κ1) is 20.4. The zero-order chi connectivity index (χ0) is 21.2. The number of thiophene rings is 1. The summed E-state index contributed by atoms with van der Waals surface area (Å²) in [7, 11) is 0. The van der Waals surface area contributed by atoms with Crippen LogP contribution in [0.15, 0.2) is 47.5 Å². The molecule has 1 aromatic carbocycles. The van der Waals surface area contributed by atoms with Crippen LogP contribution in [0, 0.1) is 0 Å². The van der Waals surface area contributed by atoms with Gasteiger partial charge in [-0.05, 0) is 42.3 Å². The number of hydrogen-bond donors (Lipinski definition) is 0. The molecule has 3 aliphatic rings. The Hall–Kier alpha value is -2.48. The minimum Gasteiger partial charge on any atom is -0.379 e. The number of anilines is 1. The average molecular weight is 438 g/mol. The van der Waals surface area contributed by atoms with Crippen LogP contribution in [0.3, 0.4) is 0 Å². The topological polar surface area (TPSA) is 53.1 Å². The smallest absolute Gasteiger partial charge is 0.278 e. The predicted molar refractivity (Wildman–Crippen MR) is 122 cm³/mol. The lowest BCUT2D eigenvalue weighted by Gasteiger charge is -2.32. The first-order valence-electron chi connectivity index (χ1n) is 11.0. The van der Waals surface area contributed by atoms with E-state index in [1.165, 1.54) is 21.8 Å². The fourth-order valence-corrected chi connectivity index (χ4v) is 5.47. The van der Waals surface area contributed by atoms with Crippen molar-refractivity contribution < 1.29 is 14.3 Å². The van der Waals surface area contributed by atoms with Gasteiger partial charge in [-0.1, -0.05) is 24.3 Å². The van der Waals surface area contributed by atoms with Gasteiger partial charge in [-0.15, -0.1) is 11.3 Å². The highest BCUT2D eigenvalue weighted by Crippen LogP contribution is 2.38. The number of imide groups is 1. The number of benzene rings is 1. The number of morpholine rings is 1. The number of para-hydroxylation sites is 1. The van der Waals surface area contributed by atoms with E-state index in [9.17, 15) is 9.59 Å². The average Bonchev–Trinajstić information content (AvgIpc) is 3.41. The van der Waals surface area contributed by atoms with Gasteiger partial charge in [0.25, 0.3) is 11.8 Å². The van der Waals surface area contributed by atoms with Crippen molar-refractivity contribution in [2.24, 2.45) is 0 Å². The van der Waals surface area contributed by atoms with Gasteiger partial charge >= 0.3 is 0 Å². The number of carbonyl (C=O) groups excluding carboxylic acids is 2. The number of hydrogen-bond acceptors (Lipinski definition) is 6. The van der Waals surface area contributed by atoms with Crippen LogP contribution in [0.1, 0.15) is 23.3 Å². The molecule has 2 aromatic rings. The lowest BCUT2D eigenvalue weighted by atomic mass is 10.00. The quantitative estimate of drug-likeness (QED) is 0.651. The SMILES string of the molecule is O=C1C(c2cccs2)=C(N2CCCc3ccccc32)C(=O)N1CCCN1CCOCC1. The Morgan fingerprint density at radius 1 is 0.935 bits per heavy atom. The van der Waals surface area contributed by atoms with Crippen molar-refractivity contribution in [3.05, 3.63) is 57.9 Å². The molecule has 31 heavy (non-hydrogen) atoms.